The molecule has 2 aromatic rings. The van der Waals surface area contributed by atoms with E-state index in [9.17, 15) is 23.4 Å². The molecular weight excluding hydrogens is 380 g/mol. The van der Waals surface area contributed by atoms with E-state index in [1.54, 1.807) is 39.1 Å². The number of aliphatic carboxylic acids is 1. The van der Waals surface area contributed by atoms with E-state index in [4.69, 9.17) is 0 Å². The molecule has 28 heavy (non-hydrogen) atoms. The van der Waals surface area contributed by atoms with E-state index in [2.05, 4.69) is 9.71 Å². The first kappa shape index (κ1) is 21.7. The molecule has 0 aliphatic rings. The van der Waals surface area contributed by atoms with Gasteiger partial charge in [0, 0.05) is 30.1 Å². The van der Waals surface area contributed by atoms with Crippen molar-refractivity contribution < 1.29 is 23.4 Å². The summed E-state index contributed by atoms with van der Waals surface area (Å²) in [5.74, 6) is -1.40. The van der Waals surface area contributed by atoms with Gasteiger partial charge in [-0.2, -0.15) is 0 Å². The van der Waals surface area contributed by atoms with Crippen LogP contribution < -0.4 is 9.83 Å². The first-order chi connectivity index (χ1) is 13.0. The quantitative estimate of drug-likeness (QED) is 0.668. The number of carboxylic acid groups (broad SMARTS) is 1. The monoisotopic (exact) mass is 403 g/mol. The van der Waals surface area contributed by atoms with Crippen LogP contribution in [0.3, 0.4) is 0 Å². The second kappa shape index (κ2) is 8.64. The number of benzene rings is 1. The van der Waals surface area contributed by atoms with Gasteiger partial charge in [0.05, 0.1) is 10.9 Å². The highest BCUT2D eigenvalue weighted by atomic mass is 32.2. The lowest BCUT2D eigenvalue weighted by Gasteiger charge is -2.21. The number of pyridine rings is 1. The third-order valence-electron chi connectivity index (χ3n) is 3.75. The van der Waals surface area contributed by atoms with Crippen molar-refractivity contribution in [1.29, 1.82) is 0 Å². The normalized spacial score (nSPS) is 13.1. The number of hydrogen-bond donors (Lipinski definition) is 2. The van der Waals surface area contributed by atoms with Crippen molar-refractivity contribution in [2.24, 2.45) is 0 Å². The third-order valence-corrected chi connectivity index (χ3v) is 5.53. The zero-order valence-electron chi connectivity index (χ0n) is 16.0. The molecule has 150 valence electrons. The molecule has 0 spiro atoms. The molecule has 0 saturated heterocycles. The smallest absolute Gasteiger partial charge is 0.241 e. The summed E-state index contributed by atoms with van der Waals surface area (Å²) in [4.78, 5) is 15.7. The second-order valence-electron chi connectivity index (χ2n) is 7.24. The summed E-state index contributed by atoms with van der Waals surface area (Å²) < 4.78 is 27.5. The van der Waals surface area contributed by atoms with Crippen LogP contribution in [0, 0.1) is 0 Å². The zero-order valence-corrected chi connectivity index (χ0v) is 16.8. The number of nitrogens with zero attached hydrogens (tertiary/aromatic N) is 1. The first-order valence-electron chi connectivity index (χ1n) is 8.65. The molecule has 0 aliphatic carbocycles. The SMILES string of the molecule is CC(C)(C)NS(=O)(=O)c1ccc(/C(=C(\CCO)C(=O)[O-])c2cccnc2)cc1. The number of carboxylic acids is 1. The maximum atomic E-state index is 12.5. The molecule has 0 atom stereocenters. The van der Waals surface area contributed by atoms with Crippen molar-refractivity contribution in [2.75, 3.05) is 6.61 Å². The number of carbonyl (C=O) groups is 1. The van der Waals surface area contributed by atoms with Gasteiger partial charge in [-0.15, -0.1) is 0 Å². The molecule has 8 heteroatoms. The number of aliphatic hydroxyl groups is 1. The van der Waals surface area contributed by atoms with Gasteiger partial charge in [-0.25, -0.2) is 13.1 Å². The van der Waals surface area contributed by atoms with E-state index in [0.717, 1.165) is 0 Å². The van der Waals surface area contributed by atoms with Gasteiger partial charge in [-0.3, -0.25) is 4.98 Å². The molecule has 1 aromatic carbocycles. The van der Waals surface area contributed by atoms with Crippen molar-refractivity contribution in [3.63, 3.8) is 0 Å². The number of nitrogens with one attached hydrogen (secondary N) is 1. The summed E-state index contributed by atoms with van der Waals surface area (Å²) in [6, 6.07) is 9.22. The molecule has 0 saturated carbocycles. The van der Waals surface area contributed by atoms with Crippen molar-refractivity contribution in [3.05, 3.63) is 65.5 Å². The van der Waals surface area contributed by atoms with Crippen LogP contribution in [-0.2, 0) is 14.8 Å². The zero-order chi connectivity index (χ0) is 20.9. The van der Waals surface area contributed by atoms with Gasteiger partial charge in [0.15, 0.2) is 0 Å². The molecule has 2 rings (SSSR count). The summed E-state index contributed by atoms with van der Waals surface area (Å²) >= 11 is 0. The summed E-state index contributed by atoms with van der Waals surface area (Å²) in [6.07, 6.45) is 2.94. The van der Waals surface area contributed by atoms with Crippen LogP contribution >= 0.6 is 0 Å². The summed E-state index contributed by atoms with van der Waals surface area (Å²) in [7, 11) is -3.72. The van der Waals surface area contributed by atoms with Gasteiger partial charge >= 0.3 is 0 Å². The average molecular weight is 403 g/mol. The Morgan fingerprint density at radius 2 is 1.79 bits per heavy atom. The predicted molar refractivity (Wildman–Crippen MR) is 103 cm³/mol. The number of sulfonamides is 1. The van der Waals surface area contributed by atoms with E-state index in [0.29, 0.717) is 16.7 Å². The highest BCUT2D eigenvalue weighted by Crippen LogP contribution is 2.29. The molecule has 0 unspecified atom stereocenters. The topological polar surface area (TPSA) is 119 Å². The Morgan fingerprint density at radius 1 is 1.14 bits per heavy atom. The Bertz CT molecular complexity index is 960. The Balaban J connectivity index is 2.57. The van der Waals surface area contributed by atoms with E-state index >= 15 is 0 Å². The van der Waals surface area contributed by atoms with Crippen molar-refractivity contribution >= 4 is 21.6 Å². The van der Waals surface area contributed by atoms with E-state index in [1.165, 1.54) is 30.5 Å². The fraction of sp³-hybridized carbons (Fsp3) is 0.300. The van der Waals surface area contributed by atoms with Gasteiger partial charge in [0.2, 0.25) is 10.0 Å². The molecule has 1 heterocycles. The Kier molecular flexibility index (Phi) is 6.71. The van der Waals surface area contributed by atoms with Crippen LogP contribution in [0.1, 0.15) is 38.3 Å². The van der Waals surface area contributed by atoms with Gasteiger partial charge in [-0.1, -0.05) is 18.2 Å². The number of carbonyl (C=O) groups excluding carboxylic acids is 1. The Labute approximate surface area is 164 Å². The maximum Gasteiger partial charge on any atom is 0.241 e. The predicted octanol–water partition coefficient (Wildman–Crippen LogP) is 1.09. The maximum absolute atomic E-state index is 12.5. The van der Waals surface area contributed by atoms with Gasteiger partial charge in [0.25, 0.3) is 0 Å². The average Bonchev–Trinajstić information content (AvgIpc) is 2.60. The van der Waals surface area contributed by atoms with Gasteiger partial charge < -0.3 is 15.0 Å². The van der Waals surface area contributed by atoms with Crippen LogP contribution in [0.2, 0.25) is 0 Å². The minimum absolute atomic E-state index is 0.0638. The number of aromatic nitrogens is 1. The highest BCUT2D eigenvalue weighted by Gasteiger charge is 2.22. The van der Waals surface area contributed by atoms with Crippen molar-refractivity contribution in [2.45, 2.75) is 37.6 Å². The molecule has 0 bridgehead atoms. The molecule has 0 aliphatic heterocycles. The van der Waals surface area contributed by atoms with Crippen LogP contribution in [0.15, 0.2) is 59.3 Å². The van der Waals surface area contributed by atoms with Crippen LogP contribution in [0.5, 0.6) is 0 Å². The fourth-order valence-corrected chi connectivity index (χ4v) is 4.15. The lowest BCUT2D eigenvalue weighted by Crippen LogP contribution is -2.40. The largest absolute Gasteiger partial charge is 0.545 e. The lowest BCUT2D eigenvalue weighted by molar-refractivity contribution is -0.299. The highest BCUT2D eigenvalue weighted by molar-refractivity contribution is 7.89. The molecular formula is C20H23N2O5S-. The van der Waals surface area contributed by atoms with Crippen molar-refractivity contribution in [1.82, 2.24) is 9.71 Å². The fourth-order valence-electron chi connectivity index (χ4n) is 2.73. The lowest BCUT2D eigenvalue weighted by atomic mass is 9.92. The van der Waals surface area contributed by atoms with Crippen LogP contribution in [-0.4, -0.2) is 36.6 Å². The molecule has 7 nitrogen and oxygen atoms in total. The number of hydrogen-bond acceptors (Lipinski definition) is 6. The van der Waals surface area contributed by atoms with Gasteiger partial charge in [0.1, 0.15) is 0 Å². The summed E-state index contributed by atoms with van der Waals surface area (Å²) in [6.45, 7) is 4.85. The first-order valence-corrected chi connectivity index (χ1v) is 10.1. The Hall–Kier alpha value is -2.55. The molecule has 0 fully saturated rings. The number of rotatable bonds is 7. The number of aliphatic hydroxyl groups excluding tert-OH is 1. The van der Waals surface area contributed by atoms with Gasteiger partial charge in [-0.05, 0) is 62.1 Å². The minimum Gasteiger partial charge on any atom is -0.545 e. The standard InChI is InChI=1S/C20H24N2O5S/c1-20(2,3)22-28(26,27)16-8-6-14(7-9-16)18(15-5-4-11-21-13-15)17(10-12-23)19(24)25/h4-9,11,13,22-23H,10,12H2,1-3H3,(H,24,25)/p-1/b18-17-. The third kappa shape index (κ3) is 5.48. The molecule has 2 N–H and O–H groups in total. The molecule has 0 radical (unpaired) electrons. The minimum atomic E-state index is -3.72. The summed E-state index contributed by atoms with van der Waals surface area (Å²) in [5.41, 5.74) is 0.615. The van der Waals surface area contributed by atoms with Crippen LogP contribution in [0.25, 0.3) is 5.57 Å². The van der Waals surface area contributed by atoms with Crippen molar-refractivity contribution in [3.8, 4) is 0 Å². The Morgan fingerprint density at radius 3 is 2.25 bits per heavy atom. The van der Waals surface area contributed by atoms with E-state index in [1.807, 2.05) is 0 Å². The van der Waals surface area contributed by atoms with E-state index < -0.39 is 21.5 Å². The summed E-state index contributed by atoms with van der Waals surface area (Å²) in [5, 5.41) is 20.9. The second-order valence-corrected chi connectivity index (χ2v) is 8.92. The van der Waals surface area contributed by atoms with E-state index in [-0.39, 0.29) is 23.5 Å². The van der Waals surface area contributed by atoms with Crippen LogP contribution in [0.4, 0.5) is 0 Å². The molecule has 1 aromatic heterocycles. The molecule has 0 amide bonds.